The Kier molecular flexibility index (Phi) is 3.67. The molecule has 1 aromatic heterocycles. The Hall–Kier alpha value is -1.53. The summed E-state index contributed by atoms with van der Waals surface area (Å²) in [4.78, 5) is 5.62. The molecule has 0 aliphatic heterocycles. The van der Waals surface area contributed by atoms with Gasteiger partial charge in [-0.05, 0) is 31.4 Å². The number of nitrogens with two attached hydrogens (primary N) is 1. The van der Waals surface area contributed by atoms with Crippen LogP contribution in [0, 0.1) is 0 Å². The molecule has 1 aliphatic rings. The third kappa shape index (κ3) is 2.53. The minimum atomic E-state index is -2.84. The maximum absolute atomic E-state index is 12.4. The zero-order valence-electron chi connectivity index (χ0n) is 10.7. The van der Waals surface area contributed by atoms with Crippen molar-refractivity contribution in [1.82, 2.24) is 4.98 Å². The smallest absolute Gasteiger partial charge is 0.387 e. The van der Waals surface area contributed by atoms with Crippen molar-refractivity contribution in [3.63, 3.8) is 0 Å². The fourth-order valence-corrected chi connectivity index (χ4v) is 3.59. The third-order valence-corrected chi connectivity index (χ3v) is 4.59. The molecule has 3 nitrogen and oxygen atoms in total. The largest absolute Gasteiger partial charge is 0.434 e. The van der Waals surface area contributed by atoms with Crippen molar-refractivity contribution in [3.05, 3.63) is 34.8 Å². The quantitative estimate of drug-likeness (QED) is 0.938. The van der Waals surface area contributed by atoms with E-state index in [-0.39, 0.29) is 11.8 Å². The summed E-state index contributed by atoms with van der Waals surface area (Å²) >= 11 is 1.48. The van der Waals surface area contributed by atoms with Crippen LogP contribution in [0.3, 0.4) is 0 Å². The van der Waals surface area contributed by atoms with Gasteiger partial charge in [0.2, 0.25) is 0 Å². The molecule has 1 heterocycles. The number of nitrogens with zero attached hydrogens (tertiary/aromatic N) is 1. The topological polar surface area (TPSA) is 48.1 Å². The van der Waals surface area contributed by atoms with Crippen molar-refractivity contribution in [2.45, 2.75) is 31.9 Å². The molecule has 1 atom stereocenters. The molecule has 0 saturated carbocycles. The number of fused-ring (bicyclic) bond motifs is 1. The number of alkyl halides is 2. The van der Waals surface area contributed by atoms with Crippen LogP contribution < -0.4 is 10.5 Å². The van der Waals surface area contributed by atoms with Crippen LogP contribution in [0.2, 0.25) is 0 Å². The highest BCUT2D eigenvalue weighted by Gasteiger charge is 2.23. The number of rotatable bonds is 3. The standard InChI is InChI=1S/C14H14F2N2OS/c15-14(16)19-11-7-2-1-4-8(11)13-18-10-6-3-5-9(17)12(10)20-13/h1-2,4,7,9,14H,3,5-6,17H2. The van der Waals surface area contributed by atoms with Gasteiger partial charge < -0.3 is 10.5 Å². The van der Waals surface area contributed by atoms with E-state index >= 15 is 0 Å². The molecule has 0 fully saturated rings. The summed E-state index contributed by atoms with van der Waals surface area (Å²) < 4.78 is 29.5. The lowest BCUT2D eigenvalue weighted by Crippen LogP contribution is -2.15. The van der Waals surface area contributed by atoms with Gasteiger partial charge >= 0.3 is 6.61 Å². The number of hydrogen-bond donors (Lipinski definition) is 1. The summed E-state index contributed by atoms with van der Waals surface area (Å²) in [7, 11) is 0. The fourth-order valence-electron chi connectivity index (χ4n) is 2.41. The Morgan fingerprint density at radius 3 is 2.90 bits per heavy atom. The predicted molar refractivity (Wildman–Crippen MR) is 74.0 cm³/mol. The highest BCUT2D eigenvalue weighted by molar-refractivity contribution is 7.15. The van der Waals surface area contributed by atoms with Gasteiger partial charge in [-0.1, -0.05) is 12.1 Å². The molecule has 3 rings (SSSR count). The maximum atomic E-state index is 12.4. The molecule has 1 aliphatic carbocycles. The van der Waals surface area contributed by atoms with E-state index in [9.17, 15) is 8.78 Å². The summed E-state index contributed by atoms with van der Waals surface area (Å²) in [6.45, 7) is -2.84. The highest BCUT2D eigenvalue weighted by atomic mass is 32.1. The molecule has 0 spiro atoms. The molecule has 1 aromatic carbocycles. The summed E-state index contributed by atoms with van der Waals surface area (Å²) in [6.07, 6.45) is 2.87. The molecule has 2 N–H and O–H groups in total. The van der Waals surface area contributed by atoms with E-state index in [1.54, 1.807) is 18.2 Å². The van der Waals surface area contributed by atoms with E-state index in [2.05, 4.69) is 9.72 Å². The lowest BCUT2D eigenvalue weighted by molar-refractivity contribution is -0.0494. The van der Waals surface area contributed by atoms with Gasteiger partial charge in [-0.15, -0.1) is 11.3 Å². The molecule has 106 valence electrons. The minimum absolute atomic E-state index is 0.00757. The van der Waals surface area contributed by atoms with E-state index in [0.717, 1.165) is 29.8 Å². The van der Waals surface area contributed by atoms with Crippen molar-refractivity contribution in [3.8, 4) is 16.3 Å². The van der Waals surface area contributed by atoms with E-state index in [0.29, 0.717) is 10.6 Å². The van der Waals surface area contributed by atoms with Gasteiger partial charge in [0.15, 0.2) is 0 Å². The Labute approximate surface area is 119 Å². The van der Waals surface area contributed by atoms with Crippen molar-refractivity contribution in [2.24, 2.45) is 5.73 Å². The van der Waals surface area contributed by atoms with Crippen LogP contribution in [-0.4, -0.2) is 11.6 Å². The predicted octanol–water partition coefficient (Wildman–Crippen LogP) is 3.75. The van der Waals surface area contributed by atoms with Crippen molar-refractivity contribution in [2.75, 3.05) is 0 Å². The first kappa shape index (κ1) is 13.5. The number of ether oxygens (including phenoxy) is 1. The molecule has 0 bridgehead atoms. The number of aromatic nitrogens is 1. The average Bonchev–Trinajstić information content (AvgIpc) is 2.84. The number of halogens is 2. The summed E-state index contributed by atoms with van der Waals surface area (Å²) in [5, 5.41) is 0.698. The molecule has 0 saturated heterocycles. The Morgan fingerprint density at radius 1 is 1.35 bits per heavy atom. The fraction of sp³-hybridized carbons (Fsp3) is 0.357. The second kappa shape index (κ2) is 5.46. The van der Waals surface area contributed by atoms with Crippen LogP contribution in [0.4, 0.5) is 8.78 Å². The van der Waals surface area contributed by atoms with Gasteiger partial charge in [-0.2, -0.15) is 8.78 Å². The summed E-state index contributed by atoms with van der Waals surface area (Å²) in [6, 6.07) is 6.73. The molecule has 0 radical (unpaired) electrons. The molecule has 1 unspecified atom stereocenters. The van der Waals surface area contributed by atoms with E-state index in [1.807, 2.05) is 0 Å². The van der Waals surface area contributed by atoms with Crippen LogP contribution in [0.1, 0.15) is 29.5 Å². The Morgan fingerprint density at radius 2 is 2.15 bits per heavy atom. The SMILES string of the molecule is NC1CCCc2nc(-c3ccccc3OC(F)F)sc21. The number of para-hydroxylation sites is 1. The lowest BCUT2D eigenvalue weighted by Gasteiger charge is -2.15. The maximum Gasteiger partial charge on any atom is 0.387 e. The monoisotopic (exact) mass is 296 g/mol. The molecule has 20 heavy (non-hydrogen) atoms. The molecular weight excluding hydrogens is 282 g/mol. The average molecular weight is 296 g/mol. The first-order chi connectivity index (χ1) is 9.65. The van der Waals surface area contributed by atoms with Crippen molar-refractivity contribution < 1.29 is 13.5 Å². The molecule has 0 amide bonds. The van der Waals surface area contributed by atoms with Crippen molar-refractivity contribution in [1.29, 1.82) is 0 Å². The number of benzene rings is 1. The van der Waals surface area contributed by atoms with Gasteiger partial charge in [-0.3, -0.25) is 0 Å². The second-order valence-electron chi connectivity index (χ2n) is 4.70. The van der Waals surface area contributed by atoms with Crippen molar-refractivity contribution >= 4 is 11.3 Å². The summed E-state index contributed by atoms with van der Waals surface area (Å²) in [5.41, 5.74) is 7.67. The van der Waals surface area contributed by atoms with Gasteiger partial charge in [0.1, 0.15) is 10.8 Å². The van der Waals surface area contributed by atoms with Crippen LogP contribution in [0.25, 0.3) is 10.6 Å². The van der Waals surface area contributed by atoms with Gasteiger partial charge in [-0.25, -0.2) is 4.98 Å². The van der Waals surface area contributed by atoms with Crippen LogP contribution in [0.15, 0.2) is 24.3 Å². The number of thiazole rings is 1. The van der Waals surface area contributed by atoms with E-state index in [1.165, 1.54) is 17.4 Å². The summed E-state index contributed by atoms with van der Waals surface area (Å²) in [5.74, 6) is 0.155. The van der Waals surface area contributed by atoms with Gasteiger partial charge in [0.25, 0.3) is 0 Å². The highest BCUT2D eigenvalue weighted by Crippen LogP contribution is 2.39. The minimum Gasteiger partial charge on any atom is -0.434 e. The lowest BCUT2D eigenvalue weighted by atomic mass is 9.99. The van der Waals surface area contributed by atoms with E-state index < -0.39 is 6.61 Å². The van der Waals surface area contributed by atoms with Crippen LogP contribution in [-0.2, 0) is 6.42 Å². The van der Waals surface area contributed by atoms with E-state index in [4.69, 9.17) is 5.73 Å². The van der Waals surface area contributed by atoms with Gasteiger partial charge in [0, 0.05) is 10.9 Å². The van der Waals surface area contributed by atoms with Crippen LogP contribution in [0.5, 0.6) is 5.75 Å². The zero-order chi connectivity index (χ0) is 14.1. The third-order valence-electron chi connectivity index (χ3n) is 3.33. The van der Waals surface area contributed by atoms with Gasteiger partial charge in [0.05, 0.1) is 11.3 Å². The zero-order valence-corrected chi connectivity index (χ0v) is 11.5. The number of aryl methyl sites for hydroxylation is 1. The first-order valence-electron chi connectivity index (χ1n) is 6.44. The Balaban J connectivity index is 2.01. The normalized spacial score (nSPS) is 18.1. The first-order valence-corrected chi connectivity index (χ1v) is 7.26. The van der Waals surface area contributed by atoms with Crippen LogP contribution >= 0.6 is 11.3 Å². The molecule has 6 heteroatoms. The molecule has 2 aromatic rings. The Bertz CT molecular complexity index is 615. The second-order valence-corrected chi connectivity index (χ2v) is 5.73. The number of hydrogen-bond acceptors (Lipinski definition) is 4. The molecular formula is C14H14F2N2OS.